The third-order valence-electron chi connectivity index (χ3n) is 2.34. The molecule has 0 unspecified atom stereocenters. The second-order valence-corrected chi connectivity index (χ2v) is 5.33. The van der Waals surface area contributed by atoms with Crippen molar-refractivity contribution in [1.29, 1.82) is 0 Å². The first kappa shape index (κ1) is 15.9. The van der Waals surface area contributed by atoms with Gasteiger partial charge in [-0.1, -0.05) is 30.4 Å². The number of benzene rings is 1. The monoisotopic (exact) mass is 298 g/mol. The minimum absolute atomic E-state index is 0.0209. The molecule has 1 aromatic rings. The second-order valence-electron chi connectivity index (χ2n) is 3.90. The molecule has 0 aliphatic heterocycles. The largest absolute Gasteiger partial charge is 0.389 e. The van der Waals surface area contributed by atoms with Crippen molar-refractivity contribution in [1.82, 2.24) is 5.32 Å². The molecular weight excluding hydrogens is 280 g/mol. The van der Waals surface area contributed by atoms with Crippen molar-refractivity contribution in [2.75, 3.05) is 26.0 Å². The number of carbonyl (C=O) groups is 1. The average Bonchev–Trinajstić information content (AvgIpc) is 2.39. The van der Waals surface area contributed by atoms with E-state index in [1.165, 1.54) is 0 Å². The number of hydrogen-bond donors (Lipinski definition) is 2. The molecule has 0 atom stereocenters. The van der Waals surface area contributed by atoms with E-state index in [0.29, 0.717) is 23.9 Å². The number of hydrogen-bond acceptors (Lipinski definition) is 4. The van der Waals surface area contributed by atoms with Crippen LogP contribution in [-0.2, 0) is 15.3 Å². The van der Waals surface area contributed by atoms with Gasteiger partial charge in [0.1, 0.15) is 4.99 Å². The molecule has 0 aliphatic carbocycles. The molecule has 0 bridgehead atoms. The molecule has 0 fully saturated rings. The Hall–Kier alpha value is -1.11. The summed E-state index contributed by atoms with van der Waals surface area (Å²) >= 11 is 6.49. The van der Waals surface area contributed by atoms with E-state index in [1.807, 2.05) is 24.3 Å². The molecule has 0 radical (unpaired) electrons. The number of amides is 1. The molecule has 0 spiro atoms. The Balaban J connectivity index is 2.31. The summed E-state index contributed by atoms with van der Waals surface area (Å²) in [6, 6.07) is 7.76. The van der Waals surface area contributed by atoms with E-state index in [4.69, 9.17) is 22.7 Å². The van der Waals surface area contributed by atoms with Gasteiger partial charge < -0.3 is 15.8 Å². The van der Waals surface area contributed by atoms with Crippen LogP contribution in [0.15, 0.2) is 24.3 Å². The Morgan fingerprint density at radius 2 is 2.32 bits per heavy atom. The van der Waals surface area contributed by atoms with Gasteiger partial charge in [-0.25, -0.2) is 0 Å². The molecule has 4 nitrogen and oxygen atoms in total. The van der Waals surface area contributed by atoms with Gasteiger partial charge in [-0.2, -0.15) is 0 Å². The number of nitrogens with two attached hydrogens (primary N) is 1. The highest BCUT2D eigenvalue weighted by molar-refractivity contribution is 7.99. The van der Waals surface area contributed by atoms with Gasteiger partial charge in [0, 0.05) is 25.0 Å². The highest BCUT2D eigenvalue weighted by Crippen LogP contribution is 2.13. The van der Waals surface area contributed by atoms with Gasteiger partial charge in [-0.05, 0) is 11.6 Å². The summed E-state index contributed by atoms with van der Waals surface area (Å²) in [7, 11) is 1.61. The Morgan fingerprint density at radius 1 is 1.53 bits per heavy atom. The second kappa shape index (κ2) is 8.90. The number of nitrogens with one attached hydrogen (secondary N) is 1. The lowest BCUT2D eigenvalue weighted by molar-refractivity contribution is -0.118. The molecule has 3 N–H and O–H groups in total. The third kappa shape index (κ3) is 6.56. The van der Waals surface area contributed by atoms with E-state index < -0.39 is 0 Å². The summed E-state index contributed by atoms with van der Waals surface area (Å²) < 4.78 is 4.86. The molecule has 0 saturated carbocycles. The van der Waals surface area contributed by atoms with E-state index in [2.05, 4.69) is 5.32 Å². The maximum Gasteiger partial charge on any atom is 0.230 e. The Labute approximate surface area is 123 Å². The molecule has 1 rings (SSSR count). The van der Waals surface area contributed by atoms with Crippen molar-refractivity contribution < 1.29 is 9.53 Å². The minimum atomic E-state index is 0.0209. The fourth-order valence-corrected chi connectivity index (χ4v) is 2.35. The van der Waals surface area contributed by atoms with Crippen LogP contribution < -0.4 is 11.1 Å². The van der Waals surface area contributed by atoms with Crippen LogP contribution in [0.4, 0.5) is 0 Å². The highest BCUT2D eigenvalue weighted by Gasteiger charge is 2.02. The van der Waals surface area contributed by atoms with E-state index >= 15 is 0 Å². The topological polar surface area (TPSA) is 64.3 Å². The predicted molar refractivity (Wildman–Crippen MR) is 83.4 cm³/mol. The van der Waals surface area contributed by atoms with Crippen molar-refractivity contribution >= 4 is 34.9 Å². The average molecular weight is 298 g/mol. The van der Waals surface area contributed by atoms with Crippen LogP contribution in [0.1, 0.15) is 11.1 Å². The summed E-state index contributed by atoms with van der Waals surface area (Å²) in [5.74, 6) is 1.21. The first-order valence-corrected chi connectivity index (χ1v) is 7.42. The van der Waals surface area contributed by atoms with Crippen LogP contribution in [0.2, 0.25) is 0 Å². The fourth-order valence-electron chi connectivity index (χ4n) is 1.42. The van der Waals surface area contributed by atoms with Crippen molar-refractivity contribution in [3.05, 3.63) is 35.4 Å². The van der Waals surface area contributed by atoms with Crippen LogP contribution in [0, 0.1) is 0 Å². The van der Waals surface area contributed by atoms with Crippen molar-refractivity contribution in [2.24, 2.45) is 5.73 Å². The summed E-state index contributed by atoms with van der Waals surface area (Å²) in [5, 5.41) is 2.77. The lowest BCUT2D eigenvalue weighted by atomic mass is 10.1. The first-order valence-electron chi connectivity index (χ1n) is 5.85. The molecule has 1 amide bonds. The lowest BCUT2D eigenvalue weighted by Gasteiger charge is -2.05. The zero-order valence-corrected chi connectivity index (χ0v) is 12.5. The number of carbonyl (C=O) groups excluding carboxylic acids is 1. The number of thioether (sulfide) groups is 1. The molecule has 1 aromatic carbocycles. The number of ether oxygens (including phenoxy) is 1. The summed E-state index contributed by atoms with van der Waals surface area (Å²) in [4.78, 5) is 11.8. The molecule has 6 heteroatoms. The summed E-state index contributed by atoms with van der Waals surface area (Å²) in [6.45, 7) is 1.08. The van der Waals surface area contributed by atoms with Crippen LogP contribution in [0.5, 0.6) is 0 Å². The SMILES string of the molecule is COCCNC(=O)CSCc1cccc(C(N)=S)c1. The Bertz CT molecular complexity index is 438. The van der Waals surface area contributed by atoms with Gasteiger partial charge in [-0.15, -0.1) is 11.8 Å². The molecular formula is C13H18N2O2S2. The number of rotatable bonds is 8. The maximum absolute atomic E-state index is 11.5. The maximum atomic E-state index is 11.5. The van der Waals surface area contributed by atoms with Gasteiger partial charge in [-0.3, -0.25) is 4.79 Å². The third-order valence-corrected chi connectivity index (χ3v) is 3.58. The normalized spacial score (nSPS) is 10.2. The number of methoxy groups -OCH3 is 1. The van der Waals surface area contributed by atoms with Crippen LogP contribution in [0.3, 0.4) is 0 Å². The van der Waals surface area contributed by atoms with E-state index in [9.17, 15) is 4.79 Å². The Morgan fingerprint density at radius 3 is 3.00 bits per heavy atom. The highest BCUT2D eigenvalue weighted by atomic mass is 32.2. The predicted octanol–water partition coefficient (Wildman–Crippen LogP) is 1.32. The van der Waals surface area contributed by atoms with Gasteiger partial charge >= 0.3 is 0 Å². The molecule has 0 aliphatic rings. The van der Waals surface area contributed by atoms with Gasteiger partial charge in [0.05, 0.1) is 12.4 Å². The van der Waals surface area contributed by atoms with Crippen molar-refractivity contribution in [3.63, 3.8) is 0 Å². The van der Waals surface area contributed by atoms with E-state index in [0.717, 1.165) is 16.9 Å². The quantitative estimate of drug-likeness (QED) is 0.560. The van der Waals surface area contributed by atoms with E-state index in [-0.39, 0.29) is 5.91 Å². The zero-order chi connectivity index (χ0) is 14.1. The molecule has 0 heterocycles. The number of thiocarbonyl (C=S) groups is 1. The van der Waals surface area contributed by atoms with Crippen molar-refractivity contribution in [2.45, 2.75) is 5.75 Å². The van der Waals surface area contributed by atoms with Crippen molar-refractivity contribution in [3.8, 4) is 0 Å². The smallest absolute Gasteiger partial charge is 0.230 e. The Kier molecular flexibility index (Phi) is 7.47. The fraction of sp³-hybridized carbons (Fsp3) is 0.385. The van der Waals surface area contributed by atoms with Gasteiger partial charge in [0.25, 0.3) is 0 Å². The van der Waals surface area contributed by atoms with E-state index in [1.54, 1.807) is 18.9 Å². The minimum Gasteiger partial charge on any atom is -0.389 e. The summed E-state index contributed by atoms with van der Waals surface area (Å²) in [5.41, 5.74) is 7.55. The zero-order valence-electron chi connectivity index (χ0n) is 10.8. The van der Waals surface area contributed by atoms with Crippen LogP contribution >= 0.6 is 24.0 Å². The molecule has 0 saturated heterocycles. The first-order chi connectivity index (χ1) is 9.13. The van der Waals surface area contributed by atoms with Crippen LogP contribution in [0.25, 0.3) is 0 Å². The van der Waals surface area contributed by atoms with Gasteiger partial charge in [0.15, 0.2) is 0 Å². The van der Waals surface area contributed by atoms with Crippen LogP contribution in [-0.4, -0.2) is 36.9 Å². The molecule has 104 valence electrons. The standard InChI is InChI=1S/C13H18N2O2S2/c1-17-6-5-15-12(16)9-19-8-10-3-2-4-11(7-10)13(14)18/h2-4,7H,5-6,8-9H2,1H3,(H2,14,18)(H,15,16). The summed E-state index contributed by atoms with van der Waals surface area (Å²) in [6.07, 6.45) is 0. The van der Waals surface area contributed by atoms with Gasteiger partial charge in [0.2, 0.25) is 5.91 Å². The molecule has 0 aromatic heterocycles. The molecule has 19 heavy (non-hydrogen) atoms. The lowest BCUT2D eigenvalue weighted by Crippen LogP contribution is -2.28.